The predicted octanol–water partition coefficient (Wildman–Crippen LogP) is 19.0. The summed E-state index contributed by atoms with van der Waals surface area (Å²) in [5, 5.41) is 0. The van der Waals surface area contributed by atoms with E-state index in [0.717, 1.165) is 103 Å². The van der Waals surface area contributed by atoms with Crippen LogP contribution in [0.25, 0.3) is 0 Å². The Morgan fingerprint density at radius 1 is 0.299 bits per heavy atom. The van der Waals surface area contributed by atoms with Gasteiger partial charge in [-0.1, -0.05) is 235 Å². The van der Waals surface area contributed by atoms with E-state index in [1.807, 2.05) is 0 Å². The maximum atomic E-state index is 12.8. The van der Waals surface area contributed by atoms with E-state index >= 15 is 0 Å². The van der Waals surface area contributed by atoms with Crippen LogP contribution in [0.4, 0.5) is 0 Å². The summed E-state index contributed by atoms with van der Waals surface area (Å²) in [7, 11) is 0. The summed E-state index contributed by atoms with van der Waals surface area (Å²) in [6.07, 6.45) is 70.2. The number of rotatable bonds is 51. The summed E-state index contributed by atoms with van der Waals surface area (Å²) in [4.78, 5) is 38.1. The van der Waals surface area contributed by atoms with E-state index in [0.29, 0.717) is 19.3 Å². The highest BCUT2D eigenvalue weighted by Gasteiger charge is 2.19. The summed E-state index contributed by atoms with van der Waals surface area (Å²) in [5.41, 5.74) is 0. The van der Waals surface area contributed by atoms with Gasteiger partial charge in [0.05, 0.1) is 0 Å². The second-order valence-corrected chi connectivity index (χ2v) is 18.8. The highest BCUT2D eigenvalue weighted by atomic mass is 16.6. The molecule has 0 spiro atoms. The minimum atomic E-state index is -0.786. The molecule has 0 aliphatic carbocycles. The molecule has 0 aromatic rings. The van der Waals surface area contributed by atoms with Gasteiger partial charge in [0.1, 0.15) is 13.2 Å². The number of unbranched alkanes of at least 4 members (excludes halogenated alkanes) is 28. The van der Waals surface area contributed by atoms with Crippen LogP contribution in [0.1, 0.15) is 278 Å². The quantitative estimate of drug-likeness (QED) is 0.0262. The molecule has 0 aromatic carbocycles. The molecule has 386 valence electrons. The molecule has 1 unspecified atom stereocenters. The summed E-state index contributed by atoms with van der Waals surface area (Å²) >= 11 is 0. The smallest absolute Gasteiger partial charge is 0.306 e. The molecule has 6 nitrogen and oxygen atoms in total. The van der Waals surface area contributed by atoms with Gasteiger partial charge in [-0.25, -0.2) is 0 Å². The van der Waals surface area contributed by atoms with Crippen molar-refractivity contribution >= 4 is 17.9 Å². The molecule has 0 rings (SSSR count). The van der Waals surface area contributed by atoms with Crippen LogP contribution in [0.15, 0.2) is 72.9 Å². The molecular weight excluding hydrogens is 829 g/mol. The van der Waals surface area contributed by atoms with Crippen molar-refractivity contribution in [1.29, 1.82) is 0 Å². The van der Waals surface area contributed by atoms with Gasteiger partial charge < -0.3 is 14.2 Å². The normalized spacial score (nSPS) is 12.6. The molecule has 0 amide bonds. The summed E-state index contributed by atoms with van der Waals surface area (Å²) in [5.74, 6) is -0.903. The Bertz CT molecular complexity index is 1260. The van der Waals surface area contributed by atoms with Crippen molar-refractivity contribution in [2.24, 2.45) is 0 Å². The lowest BCUT2D eigenvalue weighted by Gasteiger charge is -2.18. The van der Waals surface area contributed by atoms with Crippen molar-refractivity contribution in [3.8, 4) is 0 Å². The van der Waals surface area contributed by atoms with Gasteiger partial charge >= 0.3 is 17.9 Å². The average molecular weight is 936 g/mol. The summed E-state index contributed by atoms with van der Waals surface area (Å²) < 4.78 is 16.8. The van der Waals surface area contributed by atoms with E-state index in [2.05, 4.69) is 93.7 Å². The zero-order valence-electron chi connectivity index (χ0n) is 44.2. The highest BCUT2D eigenvalue weighted by molar-refractivity contribution is 5.71. The van der Waals surface area contributed by atoms with Crippen LogP contribution in [0.2, 0.25) is 0 Å². The molecule has 0 aromatic heterocycles. The van der Waals surface area contributed by atoms with Gasteiger partial charge in [-0.3, -0.25) is 14.4 Å². The number of esters is 3. The molecule has 6 heteroatoms. The maximum Gasteiger partial charge on any atom is 0.306 e. The Morgan fingerprint density at radius 3 is 0.866 bits per heavy atom. The molecule has 0 saturated heterocycles. The van der Waals surface area contributed by atoms with Gasteiger partial charge in [-0.15, -0.1) is 0 Å². The molecule has 0 N–H and O–H groups in total. The van der Waals surface area contributed by atoms with Crippen LogP contribution in [-0.2, 0) is 28.6 Å². The Morgan fingerprint density at radius 2 is 0.537 bits per heavy atom. The van der Waals surface area contributed by atoms with Crippen LogP contribution in [0.5, 0.6) is 0 Å². The van der Waals surface area contributed by atoms with Crippen LogP contribution in [-0.4, -0.2) is 37.2 Å². The molecule has 0 aliphatic heterocycles. The minimum absolute atomic E-state index is 0.0834. The fraction of sp³-hybridized carbons (Fsp3) is 0.754. The first-order chi connectivity index (χ1) is 33.0. The van der Waals surface area contributed by atoms with Crippen LogP contribution in [0.3, 0.4) is 0 Å². The number of allylic oxidation sites excluding steroid dienone is 12. The number of carbonyl (C=O) groups is 3. The van der Waals surface area contributed by atoms with Gasteiger partial charge in [-0.2, -0.15) is 0 Å². The first-order valence-corrected chi connectivity index (χ1v) is 28.4. The van der Waals surface area contributed by atoms with Crippen molar-refractivity contribution in [3.63, 3.8) is 0 Å². The lowest BCUT2D eigenvalue weighted by atomic mass is 10.1. The van der Waals surface area contributed by atoms with E-state index < -0.39 is 6.10 Å². The van der Waals surface area contributed by atoms with E-state index in [4.69, 9.17) is 14.2 Å². The predicted molar refractivity (Wildman–Crippen MR) is 288 cm³/mol. The first kappa shape index (κ1) is 63.8. The Labute approximate surface area is 414 Å². The van der Waals surface area contributed by atoms with Crippen molar-refractivity contribution in [1.82, 2.24) is 0 Å². The van der Waals surface area contributed by atoms with Crippen LogP contribution >= 0.6 is 0 Å². The number of ether oxygens (including phenoxy) is 3. The first-order valence-electron chi connectivity index (χ1n) is 28.4. The Kier molecular flexibility index (Phi) is 52.8. The second-order valence-electron chi connectivity index (χ2n) is 18.8. The number of hydrogen-bond acceptors (Lipinski definition) is 6. The van der Waals surface area contributed by atoms with Crippen molar-refractivity contribution in [2.45, 2.75) is 284 Å². The average Bonchev–Trinajstić information content (AvgIpc) is 3.33. The summed E-state index contributed by atoms with van der Waals surface area (Å²) in [6.45, 7) is 6.57. The molecule has 1 atom stereocenters. The monoisotopic (exact) mass is 935 g/mol. The molecule has 0 saturated carbocycles. The third kappa shape index (κ3) is 53.7. The molecule has 0 heterocycles. The van der Waals surface area contributed by atoms with E-state index in [-0.39, 0.29) is 31.1 Å². The van der Waals surface area contributed by atoms with Gasteiger partial charge in [-0.05, 0) is 96.3 Å². The van der Waals surface area contributed by atoms with Crippen molar-refractivity contribution < 1.29 is 28.6 Å². The van der Waals surface area contributed by atoms with Crippen LogP contribution < -0.4 is 0 Å². The summed E-state index contributed by atoms with van der Waals surface area (Å²) in [6, 6.07) is 0. The standard InChI is InChI=1S/C61H106O6/c1-4-7-10-13-16-19-22-24-26-28-30-32-34-36-39-42-45-48-51-54-60(63)66-57-58(56-65-59(62)53-50-47-44-41-38-21-18-15-12-9-6-3)67-61(64)55-52-49-46-43-40-37-35-33-31-29-27-25-23-20-17-14-11-8-5-2/h16-17,19-20,24-27,30-33,58H,4-15,18,21-23,28-29,34-57H2,1-3H3/b19-16-,20-17-,26-24-,27-25-,32-30-,33-31-. The maximum absolute atomic E-state index is 12.8. The largest absolute Gasteiger partial charge is 0.462 e. The fourth-order valence-corrected chi connectivity index (χ4v) is 7.87. The van der Waals surface area contributed by atoms with Gasteiger partial charge in [0.25, 0.3) is 0 Å². The van der Waals surface area contributed by atoms with E-state index in [1.165, 1.54) is 135 Å². The zero-order valence-corrected chi connectivity index (χ0v) is 44.2. The topological polar surface area (TPSA) is 78.9 Å². The van der Waals surface area contributed by atoms with Gasteiger partial charge in [0.15, 0.2) is 6.10 Å². The number of hydrogen-bond donors (Lipinski definition) is 0. The Balaban J connectivity index is 4.39. The van der Waals surface area contributed by atoms with Gasteiger partial charge in [0, 0.05) is 19.3 Å². The third-order valence-electron chi connectivity index (χ3n) is 12.2. The lowest BCUT2D eigenvalue weighted by Crippen LogP contribution is -2.30. The molecule has 0 bridgehead atoms. The van der Waals surface area contributed by atoms with E-state index in [9.17, 15) is 14.4 Å². The third-order valence-corrected chi connectivity index (χ3v) is 12.2. The second kappa shape index (κ2) is 55.4. The SMILES string of the molecule is CCCCC/C=C\C/C=C\C/C=C\CCCCCCCCC(=O)OCC(COC(=O)CCCCCCCCCCCCC)OC(=O)CCCCCCCC/C=C\C/C=C\C/C=C\CCCCC. The lowest BCUT2D eigenvalue weighted by molar-refractivity contribution is -0.167. The van der Waals surface area contributed by atoms with Crippen LogP contribution in [0, 0.1) is 0 Å². The minimum Gasteiger partial charge on any atom is -0.462 e. The van der Waals surface area contributed by atoms with Gasteiger partial charge in [0.2, 0.25) is 0 Å². The molecule has 0 aliphatic rings. The van der Waals surface area contributed by atoms with Crippen molar-refractivity contribution in [3.05, 3.63) is 72.9 Å². The molecule has 0 fully saturated rings. The molecular formula is C61H106O6. The molecule has 0 radical (unpaired) electrons. The number of carbonyl (C=O) groups excluding carboxylic acids is 3. The Hall–Kier alpha value is -3.15. The zero-order chi connectivity index (χ0) is 48.6. The highest BCUT2D eigenvalue weighted by Crippen LogP contribution is 2.15. The van der Waals surface area contributed by atoms with E-state index in [1.54, 1.807) is 0 Å². The molecule has 67 heavy (non-hydrogen) atoms. The fourth-order valence-electron chi connectivity index (χ4n) is 7.87. The van der Waals surface area contributed by atoms with Crippen molar-refractivity contribution in [2.75, 3.05) is 13.2 Å².